The number of primary amides is 1. The van der Waals surface area contributed by atoms with Crippen molar-refractivity contribution in [2.24, 2.45) is 28.9 Å². The van der Waals surface area contributed by atoms with Gasteiger partial charge in [-0.3, -0.25) is 14.4 Å². The number of carboxylic acids is 1. The molecule has 0 bridgehead atoms. The number of hydrogen-bond acceptors (Lipinski definition) is 4. The second-order valence-electron chi connectivity index (χ2n) is 9.86. The van der Waals surface area contributed by atoms with Gasteiger partial charge in [0.15, 0.2) is 0 Å². The second kappa shape index (κ2) is 8.77. The summed E-state index contributed by atoms with van der Waals surface area (Å²) >= 11 is 1.43. The van der Waals surface area contributed by atoms with Crippen LogP contribution in [0.5, 0.6) is 0 Å². The number of nitrogens with one attached hydrogen (secondary N) is 1. The minimum absolute atomic E-state index is 0.205. The lowest BCUT2D eigenvalue weighted by Crippen LogP contribution is -2.36. The van der Waals surface area contributed by atoms with Crippen LogP contribution in [0.4, 0.5) is 5.00 Å². The van der Waals surface area contributed by atoms with E-state index in [9.17, 15) is 19.5 Å². The molecule has 0 fully saturated rings. The largest absolute Gasteiger partial charge is 0.481 e. The Hall–Kier alpha value is -2.15. The number of rotatable bonds is 6. The highest BCUT2D eigenvalue weighted by molar-refractivity contribution is 7.17. The van der Waals surface area contributed by atoms with Crippen LogP contribution < -0.4 is 11.1 Å². The highest BCUT2D eigenvalue weighted by Crippen LogP contribution is 2.46. The molecule has 7 heteroatoms. The third-order valence-electron chi connectivity index (χ3n) is 7.69. The van der Waals surface area contributed by atoms with E-state index >= 15 is 0 Å². The Kier molecular flexibility index (Phi) is 6.65. The molecular formula is C24H34N2O4S. The maximum Gasteiger partial charge on any atom is 0.307 e. The summed E-state index contributed by atoms with van der Waals surface area (Å²) in [5, 5.41) is 13.0. The first kappa shape index (κ1) is 23.5. The predicted molar refractivity (Wildman–Crippen MR) is 123 cm³/mol. The van der Waals surface area contributed by atoms with Gasteiger partial charge in [0.1, 0.15) is 5.00 Å². The van der Waals surface area contributed by atoms with Crippen LogP contribution >= 0.6 is 11.3 Å². The summed E-state index contributed by atoms with van der Waals surface area (Å²) in [6, 6.07) is 0. The van der Waals surface area contributed by atoms with Crippen LogP contribution in [0, 0.1) is 23.2 Å². The first-order chi connectivity index (χ1) is 14.5. The van der Waals surface area contributed by atoms with Gasteiger partial charge in [-0.2, -0.15) is 0 Å². The molecule has 6 nitrogen and oxygen atoms in total. The van der Waals surface area contributed by atoms with E-state index in [0.29, 0.717) is 29.3 Å². The van der Waals surface area contributed by atoms with E-state index in [1.165, 1.54) is 11.3 Å². The zero-order valence-corrected chi connectivity index (χ0v) is 19.9. The minimum Gasteiger partial charge on any atom is -0.481 e. The lowest BCUT2D eigenvalue weighted by atomic mass is 9.69. The molecule has 2 aliphatic rings. The van der Waals surface area contributed by atoms with Gasteiger partial charge in [0.05, 0.1) is 17.4 Å². The number of thiophene rings is 1. The molecule has 4 N–H and O–H groups in total. The van der Waals surface area contributed by atoms with Crippen molar-refractivity contribution in [3.63, 3.8) is 0 Å². The number of hydrogen-bond donors (Lipinski definition) is 3. The van der Waals surface area contributed by atoms with Crippen LogP contribution in [0.2, 0.25) is 0 Å². The van der Waals surface area contributed by atoms with E-state index in [1.807, 2.05) is 13.8 Å². The highest BCUT2D eigenvalue weighted by Gasteiger charge is 2.39. The number of carbonyl (C=O) groups excluding carboxylic acids is 2. The summed E-state index contributed by atoms with van der Waals surface area (Å²) < 4.78 is 0. The Balaban J connectivity index is 1.89. The molecule has 170 valence electrons. The van der Waals surface area contributed by atoms with E-state index < -0.39 is 23.7 Å². The number of amides is 2. The molecule has 0 saturated heterocycles. The van der Waals surface area contributed by atoms with Crippen LogP contribution in [0.25, 0.3) is 0 Å². The molecule has 0 aromatic carbocycles. The standard InChI is InChI=1S/C24H34N2O4S/c1-6-24(4,5)14-7-8-15-18(11-14)31-22(19(15)20(25)27)26-21(28)16-9-12(2)13(3)10-17(16)23(29)30/h14,16-17H,6-11H2,1-5H3,(H2,25,27)(H,26,28)(H,29,30)/t14-,16-,17-/m1/s1. The predicted octanol–water partition coefficient (Wildman–Crippen LogP) is 4.77. The van der Waals surface area contributed by atoms with Crippen molar-refractivity contribution < 1.29 is 19.5 Å². The molecular weight excluding hydrogens is 412 g/mol. The first-order valence-corrected chi connectivity index (χ1v) is 11.9. The molecule has 31 heavy (non-hydrogen) atoms. The highest BCUT2D eigenvalue weighted by atomic mass is 32.1. The van der Waals surface area contributed by atoms with Crippen molar-refractivity contribution >= 4 is 34.1 Å². The average Bonchev–Trinajstić information content (AvgIpc) is 3.06. The average molecular weight is 447 g/mol. The molecule has 0 saturated carbocycles. The first-order valence-electron chi connectivity index (χ1n) is 11.1. The van der Waals surface area contributed by atoms with Crippen LogP contribution in [0.15, 0.2) is 11.1 Å². The van der Waals surface area contributed by atoms with Gasteiger partial charge < -0.3 is 16.2 Å². The Morgan fingerprint density at radius 3 is 2.29 bits per heavy atom. The number of fused-ring (bicyclic) bond motifs is 1. The fraction of sp³-hybridized carbons (Fsp3) is 0.625. The second-order valence-corrected chi connectivity index (χ2v) is 11.0. The van der Waals surface area contributed by atoms with Gasteiger partial charge in [0, 0.05) is 4.88 Å². The van der Waals surface area contributed by atoms with Gasteiger partial charge in [-0.15, -0.1) is 11.3 Å². The Labute approximate surface area is 188 Å². The molecule has 3 atom stereocenters. The van der Waals surface area contributed by atoms with Crippen LogP contribution in [0.1, 0.15) is 81.1 Å². The summed E-state index contributed by atoms with van der Waals surface area (Å²) in [4.78, 5) is 38.4. The molecule has 0 aliphatic heterocycles. The Morgan fingerprint density at radius 2 is 1.74 bits per heavy atom. The topological polar surface area (TPSA) is 109 Å². The van der Waals surface area contributed by atoms with Gasteiger partial charge in [0.25, 0.3) is 5.91 Å². The number of carboxylic acid groups (broad SMARTS) is 1. The van der Waals surface area contributed by atoms with E-state index in [4.69, 9.17) is 5.73 Å². The quantitative estimate of drug-likeness (QED) is 0.547. The van der Waals surface area contributed by atoms with Crippen molar-refractivity contribution in [3.8, 4) is 0 Å². The lowest BCUT2D eigenvalue weighted by Gasteiger charge is -2.36. The molecule has 2 aliphatic carbocycles. The van der Waals surface area contributed by atoms with E-state index in [1.54, 1.807) is 0 Å². The van der Waals surface area contributed by atoms with Crippen molar-refractivity contribution in [3.05, 3.63) is 27.2 Å². The summed E-state index contributed by atoms with van der Waals surface area (Å²) in [5.41, 5.74) is 9.38. The Morgan fingerprint density at radius 1 is 1.13 bits per heavy atom. The number of nitrogens with two attached hydrogens (primary N) is 1. The van der Waals surface area contributed by atoms with Crippen LogP contribution in [0.3, 0.4) is 0 Å². The molecule has 3 rings (SSSR count). The minimum atomic E-state index is -0.961. The molecule has 0 spiro atoms. The summed E-state index contributed by atoms with van der Waals surface area (Å²) in [5.74, 6) is -2.74. The van der Waals surface area contributed by atoms with Crippen LogP contribution in [-0.2, 0) is 22.4 Å². The van der Waals surface area contributed by atoms with Crippen molar-refractivity contribution in [2.45, 2.75) is 73.1 Å². The van der Waals surface area contributed by atoms with Gasteiger partial charge in [-0.25, -0.2) is 0 Å². The monoisotopic (exact) mass is 446 g/mol. The van der Waals surface area contributed by atoms with E-state index in [0.717, 1.165) is 47.3 Å². The maximum atomic E-state index is 13.1. The third-order valence-corrected chi connectivity index (χ3v) is 8.86. The molecule has 2 amide bonds. The number of anilines is 1. The summed E-state index contributed by atoms with van der Waals surface area (Å²) in [7, 11) is 0. The molecule has 1 aromatic rings. The lowest BCUT2D eigenvalue weighted by molar-refractivity contribution is -0.146. The van der Waals surface area contributed by atoms with Gasteiger partial charge in [0.2, 0.25) is 5.91 Å². The fourth-order valence-corrected chi connectivity index (χ4v) is 6.26. The zero-order valence-electron chi connectivity index (χ0n) is 19.1. The maximum absolute atomic E-state index is 13.1. The van der Waals surface area contributed by atoms with Crippen LogP contribution in [-0.4, -0.2) is 22.9 Å². The summed E-state index contributed by atoms with van der Waals surface area (Å²) in [6.45, 7) is 10.6. The molecule has 1 heterocycles. The molecule has 0 unspecified atom stereocenters. The third kappa shape index (κ3) is 4.56. The number of carbonyl (C=O) groups is 3. The van der Waals surface area contributed by atoms with Gasteiger partial charge >= 0.3 is 5.97 Å². The number of aliphatic carboxylic acids is 1. The fourth-order valence-electron chi connectivity index (χ4n) is 4.92. The van der Waals surface area contributed by atoms with Crippen molar-refractivity contribution in [1.82, 2.24) is 0 Å². The smallest absolute Gasteiger partial charge is 0.307 e. The summed E-state index contributed by atoms with van der Waals surface area (Å²) in [6.07, 6.45) is 4.50. The normalized spacial score (nSPS) is 24.0. The van der Waals surface area contributed by atoms with Gasteiger partial charge in [-0.05, 0) is 62.8 Å². The molecule has 0 radical (unpaired) electrons. The SMILES string of the molecule is CCC(C)(C)[C@@H]1CCc2c(sc(NC(=O)[C@@H]3CC(C)=C(C)C[C@H]3C(=O)O)c2C(N)=O)C1. The number of allylic oxidation sites excluding steroid dienone is 2. The van der Waals surface area contributed by atoms with Gasteiger partial charge in [-0.1, -0.05) is 38.3 Å². The van der Waals surface area contributed by atoms with E-state index in [-0.39, 0.29) is 11.3 Å². The van der Waals surface area contributed by atoms with Crippen molar-refractivity contribution in [2.75, 3.05) is 5.32 Å². The Bertz CT molecular complexity index is 944. The van der Waals surface area contributed by atoms with Crippen molar-refractivity contribution in [1.29, 1.82) is 0 Å². The molecule has 1 aromatic heterocycles. The zero-order chi connectivity index (χ0) is 23.1. The van der Waals surface area contributed by atoms with E-state index in [2.05, 4.69) is 26.1 Å².